The minimum Gasteiger partial charge on any atom is -0.494 e. The second-order valence-electron chi connectivity index (χ2n) is 4.93. The van der Waals surface area contributed by atoms with Crippen molar-refractivity contribution in [3.8, 4) is 5.75 Å². The molecule has 0 amide bonds. The van der Waals surface area contributed by atoms with E-state index in [1.165, 1.54) is 35.9 Å². The molecule has 0 aromatic heterocycles. The summed E-state index contributed by atoms with van der Waals surface area (Å²) in [6.45, 7) is 4.75. The van der Waals surface area contributed by atoms with Crippen LogP contribution in [-0.4, -0.2) is 12.0 Å². The van der Waals surface area contributed by atoms with Gasteiger partial charge in [-0.1, -0.05) is 23.8 Å². The fraction of sp³-hybridized carbons (Fsp3) is 0.250. The fourth-order valence-electron chi connectivity index (χ4n) is 2.12. The summed E-state index contributed by atoms with van der Waals surface area (Å²) in [5.74, 6) is 0.467. The number of nitrogens with one attached hydrogen (secondary N) is 1. The average molecular weight is 286 g/mol. The Morgan fingerprint density at radius 3 is 2.62 bits per heavy atom. The highest BCUT2D eigenvalue weighted by molar-refractivity contribution is 5.61. The molecule has 0 aliphatic rings. The molecule has 0 aliphatic carbocycles. The summed E-state index contributed by atoms with van der Waals surface area (Å²) in [7, 11) is 1.50. The zero-order chi connectivity index (χ0) is 15.4. The summed E-state index contributed by atoms with van der Waals surface area (Å²) >= 11 is 0. The van der Waals surface area contributed by atoms with Gasteiger partial charge in [-0.2, -0.15) is 0 Å². The molecule has 0 unspecified atom stereocenters. The Balaban J connectivity index is 2.19. The van der Waals surface area contributed by atoms with Crippen molar-refractivity contribution < 1.29 is 9.66 Å². The quantitative estimate of drug-likeness (QED) is 0.670. The molecular weight excluding hydrogens is 268 g/mol. The highest BCUT2D eigenvalue weighted by Crippen LogP contribution is 2.29. The standard InChI is InChI=1S/C16H18N2O3/c1-11-4-5-12(2)13(8-11)10-17-15-7-6-14(18(19)20)9-16(15)21-3/h4-9,17H,10H2,1-3H3. The number of non-ortho nitro benzene ring substituents is 1. The van der Waals surface area contributed by atoms with Gasteiger partial charge in [0.25, 0.3) is 5.69 Å². The molecule has 0 atom stereocenters. The van der Waals surface area contributed by atoms with Gasteiger partial charge in [-0.25, -0.2) is 0 Å². The first-order valence-corrected chi connectivity index (χ1v) is 6.63. The number of methoxy groups -OCH3 is 1. The lowest BCUT2D eigenvalue weighted by molar-refractivity contribution is -0.384. The summed E-state index contributed by atoms with van der Waals surface area (Å²) in [6, 6.07) is 10.8. The first kappa shape index (κ1) is 14.8. The molecule has 0 bridgehead atoms. The maximum Gasteiger partial charge on any atom is 0.273 e. The Kier molecular flexibility index (Phi) is 4.42. The number of nitrogens with zero attached hydrogens (tertiary/aromatic N) is 1. The Morgan fingerprint density at radius 2 is 1.95 bits per heavy atom. The van der Waals surface area contributed by atoms with Crippen LogP contribution in [0, 0.1) is 24.0 Å². The number of aryl methyl sites for hydroxylation is 2. The van der Waals surface area contributed by atoms with E-state index in [2.05, 4.69) is 37.4 Å². The van der Waals surface area contributed by atoms with Gasteiger partial charge in [0.15, 0.2) is 0 Å². The van der Waals surface area contributed by atoms with Crippen molar-refractivity contribution in [2.45, 2.75) is 20.4 Å². The van der Waals surface area contributed by atoms with E-state index in [0.717, 1.165) is 5.69 Å². The molecule has 0 saturated heterocycles. The van der Waals surface area contributed by atoms with E-state index < -0.39 is 4.92 Å². The van der Waals surface area contributed by atoms with Crippen LogP contribution in [-0.2, 0) is 6.54 Å². The molecule has 0 fully saturated rings. The van der Waals surface area contributed by atoms with Gasteiger partial charge >= 0.3 is 0 Å². The van der Waals surface area contributed by atoms with Gasteiger partial charge in [0.2, 0.25) is 0 Å². The minimum absolute atomic E-state index is 0.0177. The molecule has 0 spiro atoms. The Morgan fingerprint density at radius 1 is 1.19 bits per heavy atom. The summed E-state index contributed by atoms with van der Waals surface area (Å²) < 4.78 is 5.21. The number of ether oxygens (including phenoxy) is 1. The van der Waals surface area contributed by atoms with Crippen molar-refractivity contribution in [3.63, 3.8) is 0 Å². The Bertz CT molecular complexity index is 669. The smallest absolute Gasteiger partial charge is 0.273 e. The third-order valence-electron chi connectivity index (χ3n) is 3.37. The van der Waals surface area contributed by atoms with E-state index in [9.17, 15) is 10.1 Å². The minimum atomic E-state index is -0.434. The lowest BCUT2D eigenvalue weighted by atomic mass is 10.1. The predicted molar refractivity (Wildman–Crippen MR) is 82.9 cm³/mol. The molecule has 0 radical (unpaired) electrons. The highest BCUT2D eigenvalue weighted by atomic mass is 16.6. The number of anilines is 1. The van der Waals surface area contributed by atoms with Gasteiger partial charge in [-0.3, -0.25) is 10.1 Å². The van der Waals surface area contributed by atoms with Gasteiger partial charge in [-0.05, 0) is 31.0 Å². The zero-order valence-corrected chi connectivity index (χ0v) is 12.3. The molecule has 110 valence electrons. The Labute approximate surface area is 123 Å². The largest absolute Gasteiger partial charge is 0.494 e. The molecule has 0 aliphatic heterocycles. The van der Waals surface area contributed by atoms with Crippen LogP contribution in [0.25, 0.3) is 0 Å². The molecule has 2 rings (SSSR count). The summed E-state index contributed by atoms with van der Waals surface area (Å²) in [6.07, 6.45) is 0. The van der Waals surface area contributed by atoms with Crippen molar-refractivity contribution in [2.24, 2.45) is 0 Å². The molecule has 2 aromatic carbocycles. The number of hydrogen-bond donors (Lipinski definition) is 1. The maximum atomic E-state index is 10.8. The van der Waals surface area contributed by atoms with Crippen LogP contribution in [0.4, 0.5) is 11.4 Å². The molecule has 5 heteroatoms. The topological polar surface area (TPSA) is 64.4 Å². The van der Waals surface area contributed by atoms with Crippen LogP contribution in [0.2, 0.25) is 0 Å². The molecule has 21 heavy (non-hydrogen) atoms. The summed E-state index contributed by atoms with van der Waals surface area (Å²) in [5.41, 5.74) is 4.35. The second kappa shape index (κ2) is 6.26. The SMILES string of the molecule is COc1cc([N+](=O)[O-])ccc1NCc1cc(C)ccc1C. The highest BCUT2D eigenvalue weighted by Gasteiger charge is 2.11. The third kappa shape index (κ3) is 3.51. The van der Waals surface area contributed by atoms with E-state index >= 15 is 0 Å². The van der Waals surface area contributed by atoms with Gasteiger partial charge in [0, 0.05) is 12.6 Å². The predicted octanol–water partition coefficient (Wildman–Crippen LogP) is 3.83. The number of hydrogen-bond acceptors (Lipinski definition) is 4. The molecular formula is C16H18N2O3. The fourth-order valence-corrected chi connectivity index (χ4v) is 2.12. The molecule has 0 heterocycles. The van der Waals surface area contributed by atoms with E-state index in [-0.39, 0.29) is 5.69 Å². The van der Waals surface area contributed by atoms with Crippen molar-refractivity contribution >= 4 is 11.4 Å². The van der Waals surface area contributed by atoms with E-state index in [4.69, 9.17) is 4.74 Å². The van der Waals surface area contributed by atoms with Crippen LogP contribution in [0.1, 0.15) is 16.7 Å². The third-order valence-corrected chi connectivity index (χ3v) is 3.37. The number of nitro groups is 1. The zero-order valence-electron chi connectivity index (χ0n) is 12.3. The van der Waals surface area contributed by atoms with E-state index in [0.29, 0.717) is 12.3 Å². The number of benzene rings is 2. The summed E-state index contributed by atoms with van der Waals surface area (Å²) in [4.78, 5) is 10.3. The number of nitro benzene ring substituents is 1. The lowest BCUT2D eigenvalue weighted by Gasteiger charge is -2.13. The monoisotopic (exact) mass is 286 g/mol. The van der Waals surface area contributed by atoms with Crippen LogP contribution in [0.3, 0.4) is 0 Å². The Hall–Kier alpha value is -2.56. The van der Waals surface area contributed by atoms with Crippen LogP contribution >= 0.6 is 0 Å². The second-order valence-corrected chi connectivity index (χ2v) is 4.93. The maximum absolute atomic E-state index is 10.8. The van der Waals surface area contributed by atoms with Crippen molar-refractivity contribution in [1.82, 2.24) is 0 Å². The van der Waals surface area contributed by atoms with Crippen LogP contribution in [0.15, 0.2) is 36.4 Å². The van der Waals surface area contributed by atoms with E-state index in [1.807, 2.05) is 0 Å². The number of rotatable bonds is 5. The first-order chi connectivity index (χ1) is 10.0. The summed E-state index contributed by atoms with van der Waals surface area (Å²) in [5, 5.41) is 14.0. The van der Waals surface area contributed by atoms with Crippen molar-refractivity contribution in [1.29, 1.82) is 0 Å². The van der Waals surface area contributed by atoms with Gasteiger partial charge in [0.1, 0.15) is 5.75 Å². The molecule has 1 N–H and O–H groups in total. The van der Waals surface area contributed by atoms with Crippen molar-refractivity contribution in [3.05, 3.63) is 63.2 Å². The van der Waals surface area contributed by atoms with Crippen LogP contribution < -0.4 is 10.1 Å². The molecule has 5 nitrogen and oxygen atoms in total. The average Bonchev–Trinajstić information content (AvgIpc) is 2.47. The van der Waals surface area contributed by atoms with Gasteiger partial charge in [-0.15, -0.1) is 0 Å². The van der Waals surface area contributed by atoms with Gasteiger partial charge < -0.3 is 10.1 Å². The van der Waals surface area contributed by atoms with Gasteiger partial charge in [0.05, 0.1) is 23.8 Å². The lowest BCUT2D eigenvalue weighted by Crippen LogP contribution is -2.03. The molecule has 2 aromatic rings. The molecule has 0 saturated carbocycles. The normalized spacial score (nSPS) is 10.2. The van der Waals surface area contributed by atoms with Crippen LogP contribution in [0.5, 0.6) is 5.75 Å². The first-order valence-electron chi connectivity index (χ1n) is 6.63. The van der Waals surface area contributed by atoms with E-state index in [1.54, 1.807) is 6.07 Å². The van der Waals surface area contributed by atoms with Crippen molar-refractivity contribution in [2.75, 3.05) is 12.4 Å².